The maximum absolute atomic E-state index is 4.83. The van der Waals surface area contributed by atoms with E-state index in [0.717, 1.165) is 41.8 Å². The highest BCUT2D eigenvalue weighted by molar-refractivity contribution is 7.16. The van der Waals surface area contributed by atoms with Crippen LogP contribution < -0.4 is 0 Å². The Bertz CT molecular complexity index is 745. The molecule has 3 rings (SSSR count). The van der Waals surface area contributed by atoms with Gasteiger partial charge in [-0.1, -0.05) is 62.4 Å². The molecule has 2 heterocycles. The van der Waals surface area contributed by atoms with E-state index in [9.17, 15) is 0 Å². The zero-order chi connectivity index (χ0) is 16.2. The fourth-order valence-corrected chi connectivity index (χ4v) is 3.87. The highest BCUT2D eigenvalue weighted by Crippen LogP contribution is 2.31. The molecule has 0 aliphatic rings. The minimum atomic E-state index is 0.323. The molecule has 0 radical (unpaired) electrons. The Morgan fingerprint density at radius 3 is 2.48 bits per heavy atom. The number of hydrogen-bond acceptors (Lipinski definition) is 5. The van der Waals surface area contributed by atoms with Gasteiger partial charge in [0.2, 0.25) is 4.96 Å². The number of aromatic nitrogens is 4. The molecule has 1 aromatic carbocycles. The summed E-state index contributed by atoms with van der Waals surface area (Å²) in [6, 6.07) is 10.6. The molecule has 5 nitrogen and oxygen atoms in total. The molecule has 0 saturated carbocycles. The first kappa shape index (κ1) is 16.1. The first-order chi connectivity index (χ1) is 11.3. The number of benzene rings is 1. The van der Waals surface area contributed by atoms with Crippen molar-refractivity contribution in [2.75, 3.05) is 13.1 Å². The topological polar surface area (TPSA) is 46.3 Å². The quantitative estimate of drug-likeness (QED) is 0.665. The zero-order valence-electron chi connectivity index (χ0n) is 13.9. The summed E-state index contributed by atoms with van der Waals surface area (Å²) >= 11 is 1.65. The molecule has 0 amide bonds. The van der Waals surface area contributed by atoms with Crippen molar-refractivity contribution >= 4 is 16.3 Å². The monoisotopic (exact) mass is 329 g/mol. The largest absolute Gasteiger partial charge is 0.296 e. The average Bonchev–Trinajstić information content (AvgIpc) is 3.16. The van der Waals surface area contributed by atoms with Gasteiger partial charge in [0.15, 0.2) is 5.82 Å². The Morgan fingerprint density at radius 2 is 1.83 bits per heavy atom. The Morgan fingerprint density at radius 1 is 1.09 bits per heavy atom. The van der Waals surface area contributed by atoms with E-state index in [1.165, 1.54) is 5.56 Å². The van der Waals surface area contributed by atoms with Gasteiger partial charge >= 0.3 is 0 Å². The van der Waals surface area contributed by atoms with Gasteiger partial charge in [0, 0.05) is 5.92 Å². The molecule has 3 aromatic rings. The first-order valence-corrected chi connectivity index (χ1v) is 9.06. The van der Waals surface area contributed by atoms with Crippen LogP contribution in [0.2, 0.25) is 0 Å². The molecule has 23 heavy (non-hydrogen) atoms. The molecule has 0 unspecified atom stereocenters. The van der Waals surface area contributed by atoms with Gasteiger partial charge in [-0.2, -0.15) is 9.61 Å². The number of fused-ring (bicyclic) bond motifs is 1. The Kier molecular flexibility index (Phi) is 5.03. The third-order valence-electron chi connectivity index (χ3n) is 4.24. The normalized spacial score (nSPS) is 13.0. The van der Waals surface area contributed by atoms with Crippen LogP contribution >= 0.6 is 11.3 Å². The van der Waals surface area contributed by atoms with Crippen molar-refractivity contribution in [2.45, 2.75) is 39.7 Å². The van der Waals surface area contributed by atoms with E-state index in [-0.39, 0.29) is 0 Å². The molecular weight excluding hydrogens is 306 g/mol. The molecule has 0 N–H and O–H groups in total. The van der Waals surface area contributed by atoms with Crippen molar-refractivity contribution in [3.63, 3.8) is 0 Å². The molecule has 122 valence electrons. The highest BCUT2D eigenvalue weighted by atomic mass is 32.1. The summed E-state index contributed by atoms with van der Waals surface area (Å²) in [5, 5.41) is 14.6. The third-order valence-corrected chi connectivity index (χ3v) is 5.25. The summed E-state index contributed by atoms with van der Waals surface area (Å²) in [4.78, 5) is 3.21. The van der Waals surface area contributed by atoms with Crippen LogP contribution in [-0.4, -0.2) is 37.8 Å². The van der Waals surface area contributed by atoms with E-state index in [4.69, 9.17) is 5.10 Å². The van der Waals surface area contributed by atoms with Gasteiger partial charge in [0.05, 0.1) is 6.54 Å². The standard InChI is InChI=1S/C17H23N5S/c1-4-14(13-10-8-7-9-11-13)16-20-22-15(12-21(5-2)6-3)18-19-17(22)23-16/h7-11,14H,4-6,12H2,1-3H3/t14-/m0/s1. The summed E-state index contributed by atoms with van der Waals surface area (Å²) in [6.07, 6.45) is 1.03. The van der Waals surface area contributed by atoms with Crippen LogP contribution in [0.1, 0.15) is 49.5 Å². The summed E-state index contributed by atoms with van der Waals surface area (Å²) in [5.74, 6) is 1.25. The predicted molar refractivity (Wildman–Crippen MR) is 93.9 cm³/mol. The summed E-state index contributed by atoms with van der Waals surface area (Å²) in [5.41, 5.74) is 1.31. The number of hydrogen-bond donors (Lipinski definition) is 0. The van der Waals surface area contributed by atoms with Crippen molar-refractivity contribution in [1.82, 2.24) is 24.7 Å². The average molecular weight is 329 g/mol. The summed E-state index contributed by atoms with van der Waals surface area (Å²) in [7, 11) is 0. The van der Waals surface area contributed by atoms with Gasteiger partial charge in [-0.05, 0) is 25.1 Å². The van der Waals surface area contributed by atoms with Crippen molar-refractivity contribution in [3.8, 4) is 0 Å². The molecule has 0 aliphatic carbocycles. The van der Waals surface area contributed by atoms with Gasteiger partial charge in [-0.3, -0.25) is 4.90 Å². The minimum Gasteiger partial charge on any atom is -0.296 e. The van der Waals surface area contributed by atoms with Gasteiger partial charge in [0.1, 0.15) is 5.01 Å². The van der Waals surface area contributed by atoms with Gasteiger partial charge in [0.25, 0.3) is 0 Å². The van der Waals surface area contributed by atoms with Crippen LogP contribution in [0.3, 0.4) is 0 Å². The Labute approximate surface area is 141 Å². The second-order valence-corrected chi connectivity index (χ2v) is 6.57. The van der Waals surface area contributed by atoms with Gasteiger partial charge in [-0.25, -0.2) is 0 Å². The van der Waals surface area contributed by atoms with E-state index >= 15 is 0 Å². The van der Waals surface area contributed by atoms with E-state index in [0.29, 0.717) is 5.92 Å². The Hall–Kier alpha value is -1.79. The predicted octanol–water partition coefficient (Wildman–Crippen LogP) is 3.57. The van der Waals surface area contributed by atoms with Crippen LogP contribution in [0.4, 0.5) is 0 Å². The molecule has 0 saturated heterocycles. The van der Waals surface area contributed by atoms with Crippen molar-refractivity contribution in [2.24, 2.45) is 0 Å². The van der Waals surface area contributed by atoms with E-state index in [1.807, 2.05) is 4.52 Å². The molecule has 0 spiro atoms. The highest BCUT2D eigenvalue weighted by Gasteiger charge is 2.20. The van der Waals surface area contributed by atoms with Crippen LogP contribution in [0.15, 0.2) is 30.3 Å². The second-order valence-electron chi connectivity index (χ2n) is 5.58. The number of nitrogens with zero attached hydrogens (tertiary/aromatic N) is 5. The lowest BCUT2D eigenvalue weighted by Gasteiger charge is -2.15. The Balaban J connectivity index is 1.92. The van der Waals surface area contributed by atoms with Crippen LogP contribution in [0, 0.1) is 0 Å². The third kappa shape index (κ3) is 3.28. The fourth-order valence-electron chi connectivity index (χ4n) is 2.80. The van der Waals surface area contributed by atoms with Gasteiger partial charge in [-0.15, -0.1) is 10.2 Å². The van der Waals surface area contributed by atoms with Crippen molar-refractivity contribution in [3.05, 3.63) is 46.7 Å². The summed E-state index contributed by atoms with van der Waals surface area (Å²) in [6.45, 7) is 9.33. The lowest BCUT2D eigenvalue weighted by atomic mass is 9.97. The smallest absolute Gasteiger partial charge is 0.234 e. The molecule has 0 bridgehead atoms. The molecule has 0 fully saturated rings. The summed E-state index contributed by atoms with van der Waals surface area (Å²) < 4.78 is 1.92. The molecular formula is C17H23N5S. The minimum absolute atomic E-state index is 0.323. The van der Waals surface area contributed by atoms with E-state index in [2.05, 4.69) is 66.2 Å². The van der Waals surface area contributed by atoms with Gasteiger partial charge < -0.3 is 0 Å². The van der Waals surface area contributed by atoms with Crippen LogP contribution in [0.5, 0.6) is 0 Å². The molecule has 1 atom stereocenters. The maximum Gasteiger partial charge on any atom is 0.234 e. The SMILES string of the molecule is CC[C@@H](c1ccccc1)c1nn2c(CN(CC)CC)nnc2s1. The fraction of sp³-hybridized carbons (Fsp3) is 0.471. The van der Waals surface area contributed by atoms with Crippen molar-refractivity contribution < 1.29 is 0 Å². The molecule has 0 aliphatic heterocycles. The molecule has 6 heteroatoms. The second kappa shape index (κ2) is 7.19. The van der Waals surface area contributed by atoms with E-state index in [1.54, 1.807) is 11.3 Å². The first-order valence-electron chi connectivity index (χ1n) is 8.25. The van der Waals surface area contributed by atoms with E-state index < -0.39 is 0 Å². The van der Waals surface area contributed by atoms with Crippen LogP contribution in [0.25, 0.3) is 4.96 Å². The number of rotatable bonds is 7. The molecule has 2 aromatic heterocycles. The lowest BCUT2D eigenvalue weighted by Crippen LogP contribution is -2.23. The van der Waals surface area contributed by atoms with Crippen LogP contribution in [-0.2, 0) is 6.54 Å². The van der Waals surface area contributed by atoms with Crippen molar-refractivity contribution in [1.29, 1.82) is 0 Å². The zero-order valence-corrected chi connectivity index (χ0v) is 14.8. The lowest BCUT2D eigenvalue weighted by molar-refractivity contribution is 0.286. The maximum atomic E-state index is 4.83.